The molecule has 0 heterocycles. The van der Waals surface area contributed by atoms with Crippen LogP contribution in [0.2, 0.25) is 10.0 Å². The van der Waals surface area contributed by atoms with Gasteiger partial charge in [-0.05, 0) is 47.9 Å². The Morgan fingerprint density at radius 2 is 1.69 bits per heavy atom. The molecule has 0 fully saturated rings. The average Bonchev–Trinajstić information content (AvgIpc) is 2.72. The summed E-state index contributed by atoms with van der Waals surface area (Å²) in [5.74, 6) is -0.522. The Balaban J connectivity index is 1.85. The normalized spacial score (nSPS) is 11.2. The summed E-state index contributed by atoms with van der Waals surface area (Å²) in [6, 6.07) is 16.8. The number of aryl methyl sites for hydroxylation is 1. The fourth-order valence-corrected chi connectivity index (χ4v) is 5.03. The number of carbonyl (C=O) groups excluding carboxylic acids is 1. The van der Waals surface area contributed by atoms with E-state index in [4.69, 9.17) is 27.9 Å². The summed E-state index contributed by atoms with van der Waals surface area (Å²) < 4.78 is 33.5. The number of hydrogen-bond donors (Lipinski definition) is 2. The lowest BCUT2D eigenvalue weighted by atomic mass is 10.1. The van der Waals surface area contributed by atoms with Gasteiger partial charge in [0.15, 0.2) is 0 Å². The van der Waals surface area contributed by atoms with Crippen LogP contribution in [0, 0.1) is 6.92 Å². The zero-order valence-electron chi connectivity index (χ0n) is 17.5. The van der Waals surface area contributed by atoms with Gasteiger partial charge in [0.25, 0.3) is 15.9 Å². The van der Waals surface area contributed by atoms with E-state index < -0.39 is 15.9 Å². The lowest BCUT2D eigenvalue weighted by Crippen LogP contribution is -2.24. The van der Waals surface area contributed by atoms with Crippen LogP contribution in [0.5, 0.6) is 0 Å². The number of anilines is 1. The van der Waals surface area contributed by atoms with E-state index in [1.54, 1.807) is 25.3 Å². The molecule has 6 nitrogen and oxygen atoms in total. The van der Waals surface area contributed by atoms with Gasteiger partial charge in [-0.15, -0.1) is 0 Å². The zero-order chi connectivity index (χ0) is 23.3. The first-order chi connectivity index (χ1) is 15.2. The van der Waals surface area contributed by atoms with Gasteiger partial charge in [-0.1, -0.05) is 59.6 Å². The highest BCUT2D eigenvalue weighted by Gasteiger charge is 2.23. The monoisotopic (exact) mass is 492 g/mol. The highest BCUT2D eigenvalue weighted by atomic mass is 35.5. The van der Waals surface area contributed by atoms with Gasteiger partial charge < -0.3 is 10.1 Å². The largest absolute Gasteiger partial charge is 0.380 e. The summed E-state index contributed by atoms with van der Waals surface area (Å²) in [6.45, 7) is 2.47. The lowest BCUT2D eigenvalue weighted by molar-refractivity contribution is 0.0950. The predicted molar refractivity (Wildman–Crippen MR) is 127 cm³/mol. The molecule has 9 heteroatoms. The molecule has 0 bridgehead atoms. The van der Waals surface area contributed by atoms with Gasteiger partial charge in [-0.25, -0.2) is 8.42 Å². The van der Waals surface area contributed by atoms with E-state index >= 15 is 0 Å². The third-order valence-electron chi connectivity index (χ3n) is 4.68. The molecule has 0 atom stereocenters. The molecule has 32 heavy (non-hydrogen) atoms. The smallest absolute Gasteiger partial charge is 0.263 e. The third-order valence-corrected chi connectivity index (χ3v) is 6.84. The second kappa shape index (κ2) is 10.4. The minimum atomic E-state index is -4.05. The van der Waals surface area contributed by atoms with Crippen molar-refractivity contribution in [2.45, 2.75) is 25.0 Å². The summed E-state index contributed by atoms with van der Waals surface area (Å²) >= 11 is 12.4. The molecule has 1 amide bonds. The second-order valence-electron chi connectivity index (χ2n) is 7.12. The van der Waals surface area contributed by atoms with E-state index in [0.29, 0.717) is 12.3 Å². The molecule has 0 saturated carbocycles. The van der Waals surface area contributed by atoms with Crippen molar-refractivity contribution in [1.82, 2.24) is 5.32 Å². The summed E-state index contributed by atoms with van der Waals surface area (Å²) in [7, 11) is -2.46. The molecule has 3 rings (SSSR count). The van der Waals surface area contributed by atoms with Crippen molar-refractivity contribution in [3.8, 4) is 0 Å². The minimum Gasteiger partial charge on any atom is -0.380 e. The van der Waals surface area contributed by atoms with Gasteiger partial charge in [0.1, 0.15) is 4.90 Å². The quantitative estimate of drug-likeness (QED) is 0.453. The van der Waals surface area contributed by atoms with E-state index in [9.17, 15) is 13.2 Å². The molecule has 0 saturated heterocycles. The van der Waals surface area contributed by atoms with Crippen LogP contribution in [0.3, 0.4) is 0 Å². The van der Waals surface area contributed by atoms with E-state index in [-0.39, 0.29) is 27.0 Å². The number of nitrogens with one attached hydrogen (secondary N) is 2. The van der Waals surface area contributed by atoms with Crippen LogP contribution in [0.15, 0.2) is 65.6 Å². The SMILES string of the molecule is COCc1ccccc1CNC(=O)c1cc(S(=O)(=O)Nc2cccc(C)c2)c(Cl)cc1Cl. The van der Waals surface area contributed by atoms with Crippen LogP contribution in [-0.4, -0.2) is 21.4 Å². The van der Waals surface area contributed by atoms with Crippen molar-refractivity contribution in [1.29, 1.82) is 0 Å². The summed E-state index contributed by atoms with van der Waals surface area (Å²) in [5, 5.41) is 2.74. The standard InChI is InChI=1S/C23H22Cl2N2O4S/c1-15-6-5-9-18(10-15)27-32(29,30)22-11-19(20(24)12-21(22)25)23(28)26-13-16-7-3-4-8-17(16)14-31-2/h3-12,27H,13-14H2,1-2H3,(H,26,28). The molecule has 0 aliphatic heterocycles. The second-order valence-corrected chi connectivity index (χ2v) is 9.59. The molecule has 0 unspecified atom stereocenters. The number of carbonyl (C=O) groups is 1. The molecular formula is C23H22Cl2N2O4S. The summed E-state index contributed by atoms with van der Waals surface area (Å²) in [5.41, 5.74) is 3.09. The average molecular weight is 493 g/mol. The van der Waals surface area contributed by atoms with Gasteiger partial charge in [-0.2, -0.15) is 0 Å². The predicted octanol–water partition coefficient (Wildman–Crippen LogP) is 5.18. The molecule has 0 radical (unpaired) electrons. The Bertz CT molecular complexity index is 1250. The number of halogens is 2. The number of methoxy groups -OCH3 is 1. The molecule has 3 aromatic carbocycles. The van der Waals surface area contributed by atoms with Gasteiger partial charge in [0, 0.05) is 19.3 Å². The molecule has 0 aliphatic rings. The highest BCUT2D eigenvalue weighted by molar-refractivity contribution is 7.92. The van der Waals surface area contributed by atoms with E-state index in [2.05, 4.69) is 10.0 Å². The maximum atomic E-state index is 12.9. The van der Waals surface area contributed by atoms with Crippen molar-refractivity contribution in [2.75, 3.05) is 11.8 Å². The molecule has 0 aliphatic carbocycles. The molecule has 168 valence electrons. The number of hydrogen-bond acceptors (Lipinski definition) is 4. The first-order valence-electron chi connectivity index (χ1n) is 9.63. The fourth-order valence-electron chi connectivity index (χ4n) is 3.12. The number of ether oxygens (including phenoxy) is 1. The number of amides is 1. The molecule has 0 aromatic heterocycles. The fraction of sp³-hybridized carbons (Fsp3) is 0.174. The Kier molecular flexibility index (Phi) is 7.79. The van der Waals surface area contributed by atoms with Crippen LogP contribution >= 0.6 is 23.2 Å². The molecular weight excluding hydrogens is 471 g/mol. The summed E-state index contributed by atoms with van der Waals surface area (Å²) in [6.07, 6.45) is 0. The maximum Gasteiger partial charge on any atom is 0.263 e. The Morgan fingerprint density at radius 1 is 0.969 bits per heavy atom. The van der Waals surface area contributed by atoms with E-state index in [0.717, 1.165) is 16.7 Å². The van der Waals surface area contributed by atoms with Gasteiger partial charge in [-0.3, -0.25) is 9.52 Å². The zero-order valence-corrected chi connectivity index (χ0v) is 19.8. The minimum absolute atomic E-state index is 0.00454. The molecule has 2 N–H and O–H groups in total. The maximum absolute atomic E-state index is 12.9. The summed E-state index contributed by atoms with van der Waals surface area (Å²) in [4.78, 5) is 12.6. The van der Waals surface area contributed by atoms with Crippen molar-refractivity contribution in [3.63, 3.8) is 0 Å². The number of rotatable bonds is 8. The Labute approximate surface area is 197 Å². The van der Waals surface area contributed by atoms with Crippen molar-refractivity contribution >= 4 is 44.8 Å². The number of benzene rings is 3. The Hall–Kier alpha value is -2.58. The Morgan fingerprint density at radius 3 is 2.38 bits per heavy atom. The van der Waals surface area contributed by atoms with Gasteiger partial charge >= 0.3 is 0 Å². The van der Waals surface area contributed by atoms with Crippen molar-refractivity contribution in [2.24, 2.45) is 0 Å². The van der Waals surface area contributed by atoms with E-state index in [1.165, 1.54) is 12.1 Å². The highest BCUT2D eigenvalue weighted by Crippen LogP contribution is 2.30. The third kappa shape index (κ3) is 5.81. The van der Waals surface area contributed by atoms with Crippen molar-refractivity contribution < 1.29 is 17.9 Å². The van der Waals surface area contributed by atoms with Crippen LogP contribution in [0.4, 0.5) is 5.69 Å². The first-order valence-corrected chi connectivity index (χ1v) is 11.9. The van der Waals surface area contributed by atoms with Crippen molar-refractivity contribution in [3.05, 3.63) is 93.0 Å². The van der Waals surface area contributed by atoms with Crippen LogP contribution in [0.1, 0.15) is 27.0 Å². The lowest BCUT2D eigenvalue weighted by Gasteiger charge is -2.14. The van der Waals surface area contributed by atoms with Crippen LogP contribution < -0.4 is 10.0 Å². The molecule has 3 aromatic rings. The van der Waals surface area contributed by atoms with Crippen LogP contribution in [0.25, 0.3) is 0 Å². The van der Waals surface area contributed by atoms with Gasteiger partial charge in [0.05, 0.1) is 22.2 Å². The first kappa shape index (κ1) is 24.1. The van der Waals surface area contributed by atoms with Crippen LogP contribution in [-0.2, 0) is 27.9 Å². The number of sulfonamides is 1. The molecule has 0 spiro atoms. The topological polar surface area (TPSA) is 84.5 Å². The van der Waals surface area contributed by atoms with Gasteiger partial charge in [0.2, 0.25) is 0 Å². The van der Waals surface area contributed by atoms with E-state index in [1.807, 2.05) is 37.3 Å².